The van der Waals surface area contributed by atoms with Gasteiger partial charge in [-0.25, -0.2) is 4.79 Å². The number of aryl methyl sites for hydroxylation is 1. The molecule has 2 aromatic carbocycles. The Hall–Kier alpha value is -3.28. The summed E-state index contributed by atoms with van der Waals surface area (Å²) in [6.07, 6.45) is 2.33. The smallest absolute Gasteiger partial charge is 0.322 e. The monoisotopic (exact) mass is 377 g/mol. The molecule has 0 aliphatic carbocycles. The molecular weight excluding hydrogens is 354 g/mol. The van der Waals surface area contributed by atoms with Gasteiger partial charge in [0.15, 0.2) is 0 Å². The second-order valence-corrected chi connectivity index (χ2v) is 7.22. The Morgan fingerprint density at radius 2 is 2.04 bits per heavy atom. The Morgan fingerprint density at radius 1 is 1.25 bits per heavy atom. The average molecular weight is 377 g/mol. The molecule has 1 saturated heterocycles. The fourth-order valence-corrected chi connectivity index (χ4v) is 3.63. The van der Waals surface area contributed by atoms with E-state index in [1.54, 1.807) is 19.4 Å². The molecule has 1 aliphatic heterocycles. The predicted octanol–water partition coefficient (Wildman–Crippen LogP) is 4.01. The molecule has 0 bridgehead atoms. The Kier molecular flexibility index (Phi) is 4.77. The zero-order chi connectivity index (χ0) is 19.7. The summed E-state index contributed by atoms with van der Waals surface area (Å²) in [6, 6.07) is 14.7. The van der Waals surface area contributed by atoms with Gasteiger partial charge >= 0.3 is 6.03 Å². The first-order valence-electron chi connectivity index (χ1n) is 9.37. The minimum Gasteiger partial charge on any atom is -0.464 e. The van der Waals surface area contributed by atoms with Crippen LogP contribution in [-0.4, -0.2) is 41.4 Å². The van der Waals surface area contributed by atoms with Crippen molar-refractivity contribution >= 4 is 28.6 Å². The summed E-state index contributed by atoms with van der Waals surface area (Å²) in [5, 5.41) is 3.85. The summed E-state index contributed by atoms with van der Waals surface area (Å²) in [4.78, 5) is 28.8. The van der Waals surface area contributed by atoms with Crippen molar-refractivity contribution in [3.63, 3.8) is 0 Å². The highest BCUT2D eigenvalue weighted by molar-refractivity contribution is 5.96. The van der Waals surface area contributed by atoms with Gasteiger partial charge in [0.2, 0.25) is 5.91 Å². The van der Waals surface area contributed by atoms with Crippen molar-refractivity contribution in [3.05, 3.63) is 65.9 Å². The lowest BCUT2D eigenvalue weighted by Crippen LogP contribution is -2.44. The molecule has 0 spiro atoms. The van der Waals surface area contributed by atoms with Crippen molar-refractivity contribution in [1.82, 2.24) is 9.80 Å². The second-order valence-electron chi connectivity index (χ2n) is 7.22. The van der Waals surface area contributed by atoms with E-state index >= 15 is 0 Å². The maximum atomic E-state index is 12.8. The van der Waals surface area contributed by atoms with E-state index in [9.17, 15) is 9.59 Å². The van der Waals surface area contributed by atoms with E-state index in [0.29, 0.717) is 25.2 Å². The average Bonchev–Trinajstić information content (AvgIpc) is 3.25. The molecule has 1 fully saturated rings. The number of hydrogen-bond acceptors (Lipinski definition) is 3. The quantitative estimate of drug-likeness (QED) is 0.747. The number of likely N-dealkylation sites (tertiary alicyclic amines) is 1. The van der Waals surface area contributed by atoms with E-state index < -0.39 is 6.04 Å². The van der Waals surface area contributed by atoms with Crippen LogP contribution in [0.15, 0.2) is 59.2 Å². The first-order chi connectivity index (χ1) is 13.5. The van der Waals surface area contributed by atoms with Crippen molar-refractivity contribution in [2.24, 2.45) is 0 Å². The second kappa shape index (κ2) is 7.38. The van der Waals surface area contributed by atoms with Crippen molar-refractivity contribution in [2.75, 3.05) is 18.9 Å². The highest BCUT2D eigenvalue weighted by Gasteiger charge is 2.36. The summed E-state index contributed by atoms with van der Waals surface area (Å²) in [5.41, 5.74) is 3.57. The van der Waals surface area contributed by atoms with Gasteiger partial charge in [0.05, 0.1) is 6.26 Å². The topological polar surface area (TPSA) is 65.8 Å². The Labute approximate surface area is 163 Å². The van der Waals surface area contributed by atoms with Crippen LogP contribution >= 0.6 is 0 Å². The Bertz CT molecular complexity index is 1010. The minimum absolute atomic E-state index is 0.0114. The lowest BCUT2D eigenvalue weighted by atomic mass is 10.2. The third-order valence-corrected chi connectivity index (χ3v) is 5.29. The number of nitrogens with zero attached hydrogens (tertiary/aromatic N) is 2. The van der Waals surface area contributed by atoms with Gasteiger partial charge in [0.25, 0.3) is 0 Å². The van der Waals surface area contributed by atoms with Gasteiger partial charge in [-0.15, -0.1) is 0 Å². The zero-order valence-electron chi connectivity index (χ0n) is 16.0. The van der Waals surface area contributed by atoms with Gasteiger partial charge < -0.3 is 19.5 Å². The summed E-state index contributed by atoms with van der Waals surface area (Å²) < 4.78 is 5.44. The van der Waals surface area contributed by atoms with E-state index in [0.717, 1.165) is 22.1 Å². The number of hydrogen-bond donors (Lipinski definition) is 1. The van der Waals surface area contributed by atoms with Crippen LogP contribution in [0.4, 0.5) is 10.5 Å². The van der Waals surface area contributed by atoms with Crippen LogP contribution in [0.2, 0.25) is 0 Å². The molecule has 6 heteroatoms. The molecule has 2 heterocycles. The number of furan rings is 1. The maximum absolute atomic E-state index is 12.8. The molecule has 0 saturated carbocycles. The van der Waals surface area contributed by atoms with Crippen LogP contribution in [0.25, 0.3) is 11.0 Å². The summed E-state index contributed by atoms with van der Waals surface area (Å²) in [6.45, 7) is 3.18. The number of fused-ring (bicyclic) bond motifs is 1. The number of likely N-dealkylation sites (N-methyl/N-ethyl adjacent to an activating group) is 1. The molecule has 144 valence electrons. The third-order valence-electron chi connectivity index (χ3n) is 5.29. The molecule has 1 unspecified atom stereocenters. The number of rotatable bonds is 4. The van der Waals surface area contributed by atoms with E-state index in [2.05, 4.69) is 5.32 Å². The molecule has 0 radical (unpaired) electrons. The first kappa shape index (κ1) is 18.1. The van der Waals surface area contributed by atoms with Gasteiger partial charge in [0, 0.05) is 31.2 Å². The van der Waals surface area contributed by atoms with Crippen molar-refractivity contribution in [2.45, 2.75) is 25.9 Å². The van der Waals surface area contributed by atoms with E-state index in [4.69, 9.17) is 4.42 Å². The third kappa shape index (κ3) is 3.45. The first-order valence-corrected chi connectivity index (χ1v) is 9.37. The predicted molar refractivity (Wildman–Crippen MR) is 108 cm³/mol. The number of urea groups is 1. The normalized spacial score (nSPS) is 16.6. The van der Waals surface area contributed by atoms with Crippen LogP contribution in [-0.2, 0) is 11.3 Å². The molecule has 28 heavy (non-hydrogen) atoms. The number of nitrogens with one attached hydrogen (secondary N) is 1. The van der Waals surface area contributed by atoms with Crippen LogP contribution < -0.4 is 5.32 Å². The van der Waals surface area contributed by atoms with E-state index in [-0.39, 0.29) is 11.9 Å². The van der Waals surface area contributed by atoms with E-state index in [1.807, 2.05) is 54.3 Å². The Balaban J connectivity index is 1.41. The molecule has 1 N–H and O–H groups in total. The number of anilines is 1. The standard InChI is InChI=1S/C22H23N3O3/c1-15-14-28-20-9-8-17(12-18(15)20)23-22(27)24(2)19-10-11-25(21(19)26)13-16-6-4-3-5-7-16/h3-9,12,14,19H,10-11,13H2,1-2H3,(H,23,27). The zero-order valence-corrected chi connectivity index (χ0v) is 16.0. The fourth-order valence-electron chi connectivity index (χ4n) is 3.63. The molecule has 4 rings (SSSR count). The van der Waals surface area contributed by atoms with Gasteiger partial charge in [-0.1, -0.05) is 30.3 Å². The molecule has 3 aromatic rings. The van der Waals surface area contributed by atoms with Crippen LogP contribution in [0, 0.1) is 6.92 Å². The molecule has 1 atom stereocenters. The van der Waals surface area contributed by atoms with Crippen LogP contribution in [0.5, 0.6) is 0 Å². The minimum atomic E-state index is -0.442. The number of carbonyl (C=O) groups excluding carboxylic acids is 2. The largest absolute Gasteiger partial charge is 0.464 e. The van der Waals surface area contributed by atoms with Gasteiger partial charge in [-0.05, 0) is 42.7 Å². The summed E-state index contributed by atoms with van der Waals surface area (Å²) in [5.74, 6) is -0.0114. The van der Waals surface area contributed by atoms with Crippen molar-refractivity contribution in [3.8, 4) is 0 Å². The molecule has 1 aliphatic rings. The van der Waals surface area contributed by atoms with E-state index in [1.165, 1.54) is 4.90 Å². The van der Waals surface area contributed by atoms with Crippen LogP contribution in [0.3, 0.4) is 0 Å². The Morgan fingerprint density at radius 3 is 2.82 bits per heavy atom. The highest BCUT2D eigenvalue weighted by atomic mass is 16.3. The van der Waals surface area contributed by atoms with Crippen LogP contribution in [0.1, 0.15) is 17.5 Å². The van der Waals surface area contributed by atoms with Gasteiger partial charge in [-0.2, -0.15) is 0 Å². The molecule has 6 nitrogen and oxygen atoms in total. The molecule has 3 amide bonds. The molecular formula is C22H23N3O3. The van der Waals surface area contributed by atoms with Crippen molar-refractivity contribution in [1.29, 1.82) is 0 Å². The summed E-state index contributed by atoms with van der Waals surface area (Å²) in [7, 11) is 1.67. The lowest BCUT2D eigenvalue weighted by molar-refractivity contribution is -0.131. The number of amides is 3. The van der Waals surface area contributed by atoms with Gasteiger partial charge in [-0.3, -0.25) is 4.79 Å². The van der Waals surface area contributed by atoms with Gasteiger partial charge in [0.1, 0.15) is 11.6 Å². The van der Waals surface area contributed by atoms with Crippen molar-refractivity contribution < 1.29 is 14.0 Å². The summed E-state index contributed by atoms with van der Waals surface area (Å²) >= 11 is 0. The lowest BCUT2D eigenvalue weighted by Gasteiger charge is -2.24. The molecule has 1 aromatic heterocycles. The SMILES string of the molecule is Cc1coc2ccc(NC(=O)N(C)C3CCN(Cc4ccccc4)C3=O)cc12. The maximum Gasteiger partial charge on any atom is 0.322 e. The number of benzene rings is 2. The fraction of sp³-hybridized carbons (Fsp3) is 0.273. The number of carbonyl (C=O) groups is 2. The highest BCUT2D eigenvalue weighted by Crippen LogP contribution is 2.25.